The van der Waals surface area contributed by atoms with Crippen LogP contribution >= 0.6 is 11.3 Å². The summed E-state index contributed by atoms with van der Waals surface area (Å²) in [6.07, 6.45) is 4.73. The predicted molar refractivity (Wildman–Crippen MR) is 58.2 cm³/mol. The molecule has 0 aromatic carbocycles. The van der Waals surface area contributed by atoms with Gasteiger partial charge in [0.2, 0.25) is 0 Å². The summed E-state index contributed by atoms with van der Waals surface area (Å²) in [5, 5.41) is 8.27. The summed E-state index contributed by atoms with van der Waals surface area (Å²) in [6.45, 7) is 0. The molecule has 0 aliphatic heterocycles. The molecule has 4 heteroatoms. The van der Waals surface area contributed by atoms with Gasteiger partial charge < -0.3 is 5.73 Å². The number of rotatable bonds is 3. The van der Waals surface area contributed by atoms with E-state index in [9.17, 15) is 0 Å². The van der Waals surface area contributed by atoms with Crippen LogP contribution in [-0.2, 0) is 13.5 Å². The van der Waals surface area contributed by atoms with Gasteiger partial charge in [-0.3, -0.25) is 4.68 Å². The molecule has 1 unspecified atom stereocenters. The van der Waals surface area contributed by atoms with Crippen LogP contribution in [0, 0.1) is 0 Å². The van der Waals surface area contributed by atoms with Gasteiger partial charge in [-0.1, -0.05) is 0 Å². The summed E-state index contributed by atoms with van der Waals surface area (Å²) < 4.78 is 1.80. The molecule has 2 aromatic heterocycles. The maximum atomic E-state index is 6.05. The minimum Gasteiger partial charge on any atom is -0.324 e. The molecule has 0 fully saturated rings. The molecule has 0 bridgehead atoms. The van der Waals surface area contributed by atoms with Crippen LogP contribution in [-0.4, -0.2) is 9.78 Å². The van der Waals surface area contributed by atoms with Crippen molar-refractivity contribution in [1.82, 2.24) is 9.78 Å². The highest BCUT2D eigenvalue weighted by Crippen LogP contribution is 2.17. The van der Waals surface area contributed by atoms with E-state index in [1.807, 2.05) is 19.4 Å². The highest BCUT2D eigenvalue weighted by Gasteiger charge is 2.08. The maximum Gasteiger partial charge on any atom is 0.0522 e. The highest BCUT2D eigenvalue weighted by molar-refractivity contribution is 7.07. The first-order chi connectivity index (χ1) is 6.75. The van der Waals surface area contributed by atoms with Crippen LogP contribution in [0.5, 0.6) is 0 Å². The summed E-state index contributed by atoms with van der Waals surface area (Å²) in [6, 6.07) is 2.16. The van der Waals surface area contributed by atoms with Crippen molar-refractivity contribution >= 4 is 11.3 Å². The largest absolute Gasteiger partial charge is 0.324 e. The van der Waals surface area contributed by atoms with Crippen LogP contribution in [0.1, 0.15) is 17.2 Å². The zero-order chi connectivity index (χ0) is 9.97. The lowest BCUT2D eigenvalue weighted by Crippen LogP contribution is -2.11. The molecule has 0 amide bonds. The first-order valence-electron chi connectivity index (χ1n) is 4.51. The van der Waals surface area contributed by atoms with Crippen molar-refractivity contribution in [3.05, 3.63) is 40.3 Å². The van der Waals surface area contributed by atoms with Gasteiger partial charge in [0.1, 0.15) is 0 Å². The Hall–Kier alpha value is -1.13. The van der Waals surface area contributed by atoms with Gasteiger partial charge in [0, 0.05) is 19.3 Å². The van der Waals surface area contributed by atoms with Gasteiger partial charge in [0.25, 0.3) is 0 Å². The third kappa shape index (κ3) is 2.02. The fraction of sp³-hybridized carbons (Fsp3) is 0.300. The van der Waals surface area contributed by atoms with E-state index < -0.39 is 0 Å². The third-order valence-corrected chi connectivity index (χ3v) is 2.89. The minimum atomic E-state index is 0.0884. The van der Waals surface area contributed by atoms with Gasteiger partial charge >= 0.3 is 0 Å². The Labute approximate surface area is 87.2 Å². The van der Waals surface area contributed by atoms with Crippen LogP contribution in [0.3, 0.4) is 0 Å². The second-order valence-corrected chi connectivity index (χ2v) is 4.17. The molecule has 3 nitrogen and oxygen atoms in total. The Kier molecular flexibility index (Phi) is 2.65. The number of nitrogens with zero attached hydrogens (tertiary/aromatic N) is 2. The standard InChI is InChI=1S/C10H13N3S/c1-13-6-8(5-12-13)4-10(11)9-2-3-14-7-9/h2-3,5-7,10H,4,11H2,1H3. The number of thiophene rings is 1. The predicted octanol–water partition coefficient (Wildman–Crippen LogP) is 1.72. The van der Waals surface area contributed by atoms with Gasteiger partial charge in [0.05, 0.1) is 6.20 Å². The molecule has 74 valence electrons. The Morgan fingerprint density at radius 1 is 1.64 bits per heavy atom. The van der Waals surface area contributed by atoms with Gasteiger partial charge in [-0.15, -0.1) is 0 Å². The fourth-order valence-corrected chi connectivity index (χ4v) is 2.16. The summed E-state index contributed by atoms with van der Waals surface area (Å²) in [5.74, 6) is 0. The lowest BCUT2D eigenvalue weighted by atomic mass is 10.1. The van der Waals surface area contributed by atoms with Gasteiger partial charge in [-0.05, 0) is 34.4 Å². The summed E-state index contributed by atoms with van der Waals surface area (Å²) in [5.41, 5.74) is 8.44. The van der Waals surface area contributed by atoms with E-state index in [0.29, 0.717) is 0 Å². The van der Waals surface area contributed by atoms with Crippen LogP contribution in [0.15, 0.2) is 29.2 Å². The summed E-state index contributed by atoms with van der Waals surface area (Å²) in [4.78, 5) is 0. The van der Waals surface area contributed by atoms with Crippen molar-refractivity contribution in [2.24, 2.45) is 12.8 Å². The lowest BCUT2D eigenvalue weighted by Gasteiger charge is -2.07. The van der Waals surface area contributed by atoms with Crippen LogP contribution in [0.25, 0.3) is 0 Å². The first kappa shape index (κ1) is 9.43. The molecule has 2 heterocycles. The molecule has 2 N–H and O–H groups in total. The molecule has 0 aliphatic rings. The molecule has 0 spiro atoms. The number of aromatic nitrogens is 2. The van der Waals surface area contributed by atoms with Crippen LogP contribution < -0.4 is 5.73 Å². The molecule has 0 saturated carbocycles. The van der Waals surface area contributed by atoms with E-state index in [0.717, 1.165) is 6.42 Å². The SMILES string of the molecule is Cn1cc(CC(N)c2ccsc2)cn1. The first-order valence-corrected chi connectivity index (χ1v) is 5.45. The molecule has 0 radical (unpaired) electrons. The fourth-order valence-electron chi connectivity index (χ4n) is 1.44. The van der Waals surface area contributed by atoms with Gasteiger partial charge in [-0.2, -0.15) is 16.4 Å². The summed E-state index contributed by atoms with van der Waals surface area (Å²) >= 11 is 1.68. The Bertz CT molecular complexity index is 391. The maximum absolute atomic E-state index is 6.05. The number of aryl methyl sites for hydroxylation is 1. The van der Waals surface area contributed by atoms with E-state index in [1.54, 1.807) is 16.0 Å². The second-order valence-electron chi connectivity index (χ2n) is 3.39. The van der Waals surface area contributed by atoms with Crippen molar-refractivity contribution in [3.63, 3.8) is 0 Å². The van der Waals surface area contributed by atoms with Gasteiger partial charge in [0.15, 0.2) is 0 Å². The summed E-state index contributed by atoms with van der Waals surface area (Å²) in [7, 11) is 1.92. The molecular weight excluding hydrogens is 194 g/mol. The molecule has 0 saturated heterocycles. The third-order valence-electron chi connectivity index (χ3n) is 2.19. The minimum absolute atomic E-state index is 0.0884. The normalized spacial score (nSPS) is 13.0. The van der Waals surface area contributed by atoms with Crippen LogP contribution in [0.4, 0.5) is 0 Å². The van der Waals surface area contributed by atoms with E-state index >= 15 is 0 Å². The smallest absolute Gasteiger partial charge is 0.0522 e. The van der Waals surface area contributed by atoms with Crippen LogP contribution in [0.2, 0.25) is 0 Å². The molecular formula is C10H13N3S. The zero-order valence-electron chi connectivity index (χ0n) is 8.05. The average molecular weight is 207 g/mol. The van der Waals surface area contributed by atoms with Crippen molar-refractivity contribution in [2.75, 3.05) is 0 Å². The monoisotopic (exact) mass is 207 g/mol. The average Bonchev–Trinajstić information content (AvgIpc) is 2.75. The molecule has 14 heavy (non-hydrogen) atoms. The van der Waals surface area contributed by atoms with Crippen molar-refractivity contribution in [2.45, 2.75) is 12.5 Å². The van der Waals surface area contributed by atoms with Crippen molar-refractivity contribution in [1.29, 1.82) is 0 Å². The number of hydrogen-bond donors (Lipinski definition) is 1. The lowest BCUT2D eigenvalue weighted by molar-refractivity contribution is 0.722. The molecule has 2 rings (SSSR count). The molecule has 2 aromatic rings. The van der Waals surface area contributed by atoms with Gasteiger partial charge in [-0.25, -0.2) is 0 Å². The Morgan fingerprint density at radius 3 is 3.07 bits per heavy atom. The van der Waals surface area contributed by atoms with E-state index in [2.05, 4.69) is 21.9 Å². The van der Waals surface area contributed by atoms with E-state index in [1.165, 1.54) is 11.1 Å². The Morgan fingerprint density at radius 2 is 2.50 bits per heavy atom. The number of nitrogens with two attached hydrogens (primary N) is 1. The highest BCUT2D eigenvalue weighted by atomic mass is 32.1. The van der Waals surface area contributed by atoms with E-state index in [4.69, 9.17) is 5.73 Å². The second kappa shape index (κ2) is 3.94. The molecule has 0 aliphatic carbocycles. The topological polar surface area (TPSA) is 43.8 Å². The molecule has 1 atom stereocenters. The van der Waals surface area contributed by atoms with Crippen molar-refractivity contribution < 1.29 is 0 Å². The number of hydrogen-bond acceptors (Lipinski definition) is 3. The quantitative estimate of drug-likeness (QED) is 0.833. The zero-order valence-corrected chi connectivity index (χ0v) is 8.87. The van der Waals surface area contributed by atoms with Crippen molar-refractivity contribution in [3.8, 4) is 0 Å². The Balaban J connectivity index is 2.05. The van der Waals surface area contributed by atoms with E-state index in [-0.39, 0.29) is 6.04 Å².